The van der Waals surface area contributed by atoms with E-state index in [1.807, 2.05) is 0 Å². The van der Waals surface area contributed by atoms with Gasteiger partial charge in [0.2, 0.25) is 0 Å². The molecule has 0 atom stereocenters. The van der Waals surface area contributed by atoms with E-state index in [1.165, 1.54) is 6.07 Å². The Bertz CT molecular complexity index is 312. The molecule has 0 N–H and O–H groups in total. The first-order valence-electron chi connectivity index (χ1n) is 3.76. The minimum absolute atomic E-state index is 0.527. The standard InChI is InChI=1S/C9H7F3/c10-9(11,12)8-4-3-6-1-2-7(6)5-8/h3-5H,1-2H2. The number of benzene rings is 1. The van der Waals surface area contributed by atoms with E-state index in [1.54, 1.807) is 6.07 Å². The molecule has 12 heavy (non-hydrogen) atoms. The molecule has 0 aliphatic heterocycles. The minimum Gasteiger partial charge on any atom is -0.166 e. The Balaban J connectivity index is 2.42. The summed E-state index contributed by atoms with van der Waals surface area (Å²) < 4.78 is 36.4. The van der Waals surface area contributed by atoms with Crippen molar-refractivity contribution in [2.45, 2.75) is 19.0 Å². The molecule has 0 radical (unpaired) electrons. The van der Waals surface area contributed by atoms with Crippen LogP contribution in [-0.4, -0.2) is 0 Å². The average Bonchev–Trinajstić information content (AvgIpc) is 1.89. The van der Waals surface area contributed by atoms with Gasteiger partial charge in [0.15, 0.2) is 0 Å². The summed E-state index contributed by atoms with van der Waals surface area (Å²) in [6.07, 6.45) is -2.47. The van der Waals surface area contributed by atoms with Crippen LogP contribution in [0.15, 0.2) is 18.2 Å². The van der Waals surface area contributed by atoms with Gasteiger partial charge in [-0.2, -0.15) is 13.2 Å². The molecule has 0 fully saturated rings. The summed E-state index contributed by atoms with van der Waals surface area (Å²) in [4.78, 5) is 0. The van der Waals surface area contributed by atoms with E-state index < -0.39 is 11.7 Å². The molecule has 1 aromatic rings. The highest BCUT2D eigenvalue weighted by molar-refractivity contribution is 5.39. The second-order valence-electron chi connectivity index (χ2n) is 2.98. The smallest absolute Gasteiger partial charge is 0.166 e. The van der Waals surface area contributed by atoms with Gasteiger partial charge in [0, 0.05) is 0 Å². The molecule has 1 aliphatic rings. The number of rotatable bonds is 0. The third-order valence-electron chi connectivity index (χ3n) is 2.20. The van der Waals surface area contributed by atoms with Gasteiger partial charge in [0.1, 0.15) is 0 Å². The van der Waals surface area contributed by atoms with Crippen molar-refractivity contribution in [3.63, 3.8) is 0 Å². The normalized spacial score (nSPS) is 15.2. The molecule has 0 heterocycles. The van der Waals surface area contributed by atoms with Crippen molar-refractivity contribution in [1.82, 2.24) is 0 Å². The molecule has 1 aliphatic carbocycles. The van der Waals surface area contributed by atoms with Crippen LogP contribution in [0.5, 0.6) is 0 Å². The number of halogens is 3. The van der Waals surface area contributed by atoms with E-state index in [-0.39, 0.29) is 0 Å². The molecule has 0 amide bonds. The first-order chi connectivity index (χ1) is 5.57. The highest BCUT2D eigenvalue weighted by Crippen LogP contribution is 2.33. The van der Waals surface area contributed by atoms with Crippen LogP contribution in [0, 0.1) is 0 Å². The zero-order chi connectivity index (χ0) is 8.77. The molecule has 0 bridgehead atoms. The van der Waals surface area contributed by atoms with Crippen LogP contribution in [0.1, 0.15) is 16.7 Å². The average molecular weight is 172 g/mol. The fourth-order valence-corrected chi connectivity index (χ4v) is 1.37. The topological polar surface area (TPSA) is 0 Å². The Morgan fingerprint density at radius 2 is 1.67 bits per heavy atom. The number of hydrogen-bond donors (Lipinski definition) is 0. The van der Waals surface area contributed by atoms with Crippen molar-refractivity contribution >= 4 is 0 Å². The summed E-state index contributed by atoms with van der Waals surface area (Å²) in [5.41, 5.74) is 1.38. The van der Waals surface area contributed by atoms with Gasteiger partial charge in [0.05, 0.1) is 5.56 Å². The first kappa shape index (κ1) is 7.65. The third kappa shape index (κ3) is 1.09. The largest absolute Gasteiger partial charge is 0.416 e. The second-order valence-corrected chi connectivity index (χ2v) is 2.98. The van der Waals surface area contributed by atoms with Crippen molar-refractivity contribution in [2.24, 2.45) is 0 Å². The van der Waals surface area contributed by atoms with E-state index in [2.05, 4.69) is 0 Å². The Hall–Kier alpha value is -0.990. The van der Waals surface area contributed by atoms with Gasteiger partial charge in [-0.05, 0) is 36.1 Å². The highest BCUT2D eigenvalue weighted by Gasteiger charge is 2.31. The van der Waals surface area contributed by atoms with Crippen LogP contribution in [0.2, 0.25) is 0 Å². The van der Waals surface area contributed by atoms with Gasteiger partial charge in [-0.15, -0.1) is 0 Å². The van der Waals surface area contributed by atoms with Gasteiger partial charge in [0.25, 0.3) is 0 Å². The third-order valence-corrected chi connectivity index (χ3v) is 2.20. The summed E-state index contributed by atoms with van der Waals surface area (Å²) in [5, 5.41) is 0. The predicted octanol–water partition coefficient (Wildman–Crippen LogP) is 2.80. The maximum Gasteiger partial charge on any atom is 0.416 e. The lowest BCUT2D eigenvalue weighted by Gasteiger charge is -2.19. The molecule has 0 aromatic heterocycles. The fraction of sp³-hybridized carbons (Fsp3) is 0.333. The van der Waals surface area contributed by atoms with Crippen molar-refractivity contribution in [3.8, 4) is 0 Å². The van der Waals surface area contributed by atoms with E-state index in [9.17, 15) is 13.2 Å². The maximum absolute atomic E-state index is 12.1. The maximum atomic E-state index is 12.1. The Morgan fingerprint density at radius 3 is 2.08 bits per heavy atom. The lowest BCUT2D eigenvalue weighted by Crippen LogP contribution is -2.12. The van der Waals surface area contributed by atoms with Crippen LogP contribution in [0.3, 0.4) is 0 Å². The molecule has 0 saturated heterocycles. The summed E-state index contributed by atoms with van der Waals surface area (Å²) in [6.45, 7) is 0. The van der Waals surface area contributed by atoms with Gasteiger partial charge in [-0.25, -0.2) is 0 Å². The van der Waals surface area contributed by atoms with Gasteiger partial charge in [-0.1, -0.05) is 6.07 Å². The van der Waals surface area contributed by atoms with E-state index >= 15 is 0 Å². The number of fused-ring (bicyclic) bond motifs is 1. The first-order valence-corrected chi connectivity index (χ1v) is 3.76. The van der Waals surface area contributed by atoms with Crippen LogP contribution in [0.4, 0.5) is 13.2 Å². The Morgan fingerprint density at radius 1 is 1.00 bits per heavy atom. The Kier molecular flexibility index (Phi) is 1.43. The lowest BCUT2D eigenvalue weighted by atomic mass is 9.87. The van der Waals surface area contributed by atoms with E-state index in [4.69, 9.17) is 0 Å². The van der Waals surface area contributed by atoms with Crippen molar-refractivity contribution in [3.05, 3.63) is 34.9 Å². The predicted molar refractivity (Wildman–Crippen MR) is 38.9 cm³/mol. The molecule has 3 heteroatoms. The molecule has 0 nitrogen and oxygen atoms in total. The summed E-state index contributed by atoms with van der Waals surface area (Å²) in [6, 6.07) is 3.97. The van der Waals surface area contributed by atoms with Crippen LogP contribution < -0.4 is 0 Å². The van der Waals surface area contributed by atoms with Gasteiger partial charge >= 0.3 is 6.18 Å². The SMILES string of the molecule is FC(F)(F)c1ccc2c(c1)CC2. The second kappa shape index (κ2) is 2.25. The fourth-order valence-electron chi connectivity index (χ4n) is 1.37. The summed E-state index contributed by atoms with van der Waals surface area (Å²) >= 11 is 0. The quantitative estimate of drug-likeness (QED) is 0.564. The van der Waals surface area contributed by atoms with E-state index in [0.29, 0.717) is 0 Å². The lowest BCUT2D eigenvalue weighted by molar-refractivity contribution is -0.137. The molecule has 0 unspecified atom stereocenters. The molecule has 2 rings (SSSR count). The molecule has 0 saturated carbocycles. The summed E-state index contributed by atoms with van der Waals surface area (Å²) in [5.74, 6) is 0. The number of hydrogen-bond acceptors (Lipinski definition) is 0. The monoisotopic (exact) mass is 172 g/mol. The van der Waals surface area contributed by atoms with Crippen LogP contribution >= 0.6 is 0 Å². The minimum atomic E-state index is -4.19. The molecule has 64 valence electrons. The highest BCUT2D eigenvalue weighted by atomic mass is 19.4. The van der Waals surface area contributed by atoms with Gasteiger partial charge < -0.3 is 0 Å². The van der Waals surface area contributed by atoms with Crippen molar-refractivity contribution in [1.29, 1.82) is 0 Å². The molecular weight excluding hydrogens is 165 g/mol. The van der Waals surface area contributed by atoms with Crippen LogP contribution in [-0.2, 0) is 19.0 Å². The Labute approximate surface area is 68.0 Å². The number of aryl methyl sites for hydroxylation is 2. The molecule has 0 spiro atoms. The molecule has 1 aromatic carbocycles. The zero-order valence-electron chi connectivity index (χ0n) is 6.28. The van der Waals surface area contributed by atoms with Crippen LogP contribution in [0.25, 0.3) is 0 Å². The molecular formula is C9H7F3. The van der Waals surface area contributed by atoms with Crippen molar-refractivity contribution in [2.75, 3.05) is 0 Å². The number of alkyl halides is 3. The van der Waals surface area contributed by atoms with E-state index in [0.717, 1.165) is 30.0 Å². The zero-order valence-corrected chi connectivity index (χ0v) is 6.28. The van der Waals surface area contributed by atoms with Crippen molar-refractivity contribution < 1.29 is 13.2 Å². The van der Waals surface area contributed by atoms with Gasteiger partial charge in [-0.3, -0.25) is 0 Å². The summed E-state index contributed by atoms with van der Waals surface area (Å²) in [7, 11) is 0.